The molecule has 2 aromatic rings. The maximum absolute atomic E-state index is 12.8. The second kappa shape index (κ2) is 9.64. The molecule has 31 heavy (non-hydrogen) atoms. The summed E-state index contributed by atoms with van der Waals surface area (Å²) in [5, 5.41) is -0.0558. The van der Waals surface area contributed by atoms with Gasteiger partial charge in [0.2, 0.25) is 5.91 Å². The van der Waals surface area contributed by atoms with Gasteiger partial charge in [0.15, 0.2) is 0 Å². The molecule has 1 amide bonds. The Morgan fingerprint density at radius 2 is 1.84 bits per heavy atom. The minimum atomic E-state index is -4.49. The standard InChI is InChI=1S/C21H23ClF3N3O3/c1-30-16-4-5-18(31-2)14(11-16)3-6-19(29)27-7-9-28(10-8-27)20-17(22)12-15(13-26-20)21(23,24)25/h4-5,11-13H,3,6-10H2,1-2H3. The molecule has 0 radical (unpaired) electrons. The normalized spacial score (nSPS) is 14.5. The molecule has 1 saturated heterocycles. The first-order chi connectivity index (χ1) is 14.7. The zero-order chi connectivity index (χ0) is 22.6. The van der Waals surface area contributed by atoms with Crippen molar-refractivity contribution in [3.8, 4) is 11.5 Å². The molecule has 0 bridgehead atoms. The fourth-order valence-corrected chi connectivity index (χ4v) is 3.75. The number of benzene rings is 1. The molecule has 0 aliphatic carbocycles. The van der Waals surface area contributed by atoms with Gasteiger partial charge in [0.05, 0.1) is 24.8 Å². The first-order valence-electron chi connectivity index (χ1n) is 9.69. The highest BCUT2D eigenvalue weighted by Crippen LogP contribution is 2.33. The highest BCUT2D eigenvalue weighted by Gasteiger charge is 2.32. The highest BCUT2D eigenvalue weighted by molar-refractivity contribution is 6.33. The molecule has 1 aliphatic rings. The number of aryl methyl sites for hydroxylation is 1. The Hall–Kier alpha value is -2.68. The van der Waals surface area contributed by atoms with E-state index in [0.717, 1.165) is 17.8 Å². The predicted octanol–water partition coefficient (Wildman–Crippen LogP) is 4.05. The van der Waals surface area contributed by atoms with Crippen LogP contribution in [0.2, 0.25) is 5.02 Å². The molecule has 1 aromatic heterocycles. The molecule has 2 heterocycles. The van der Waals surface area contributed by atoms with Crippen molar-refractivity contribution in [1.29, 1.82) is 0 Å². The molecule has 1 aromatic carbocycles. The summed E-state index contributed by atoms with van der Waals surface area (Å²) >= 11 is 6.03. The average molecular weight is 458 g/mol. The fourth-order valence-electron chi connectivity index (χ4n) is 3.46. The van der Waals surface area contributed by atoms with Crippen LogP contribution in [0.15, 0.2) is 30.5 Å². The van der Waals surface area contributed by atoms with E-state index in [1.54, 1.807) is 36.2 Å². The summed E-state index contributed by atoms with van der Waals surface area (Å²) in [4.78, 5) is 20.1. The van der Waals surface area contributed by atoms with Gasteiger partial charge in [-0.1, -0.05) is 11.6 Å². The van der Waals surface area contributed by atoms with Gasteiger partial charge < -0.3 is 19.3 Å². The molecule has 0 spiro atoms. The number of rotatable bonds is 6. The monoisotopic (exact) mass is 457 g/mol. The molecule has 3 rings (SSSR count). The van der Waals surface area contributed by atoms with Gasteiger partial charge in [-0.15, -0.1) is 0 Å². The van der Waals surface area contributed by atoms with Crippen LogP contribution in [0.4, 0.5) is 19.0 Å². The van der Waals surface area contributed by atoms with E-state index in [1.807, 2.05) is 6.07 Å². The zero-order valence-electron chi connectivity index (χ0n) is 17.2. The van der Waals surface area contributed by atoms with E-state index in [2.05, 4.69) is 4.98 Å². The van der Waals surface area contributed by atoms with Crippen LogP contribution < -0.4 is 14.4 Å². The molecule has 1 aliphatic heterocycles. The van der Waals surface area contributed by atoms with Crippen LogP contribution in [0.3, 0.4) is 0 Å². The molecule has 10 heteroatoms. The minimum absolute atomic E-state index is 0.00371. The molecule has 0 atom stereocenters. The van der Waals surface area contributed by atoms with Gasteiger partial charge in [0.1, 0.15) is 17.3 Å². The van der Waals surface area contributed by atoms with Crippen LogP contribution in [-0.2, 0) is 17.4 Å². The lowest BCUT2D eigenvalue weighted by Gasteiger charge is -2.36. The number of ether oxygens (including phenoxy) is 2. The Balaban J connectivity index is 1.57. The SMILES string of the molecule is COc1ccc(OC)c(CCC(=O)N2CCN(c3ncc(C(F)(F)F)cc3Cl)CC2)c1. The van der Waals surface area contributed by atoms with Crippen LogP contribution in [0.5, 0.6) is 11.5 Å². The Bertz CT molecular complexity index is 932. The number of anilines is 1. The first kappa shape index (κ1) is 23.0. The molecule has 0 N–H and O–H groups in total. The Kier molecular flexibility index (Phi) is 7.15. The van der Waals surface area contributed by atoms with Crippen molar-refractivity contribution >= 4 is 23.3 Å². The van der Waals surface area contributed by atoms with Crippen molar-refractivity contribution in [3.05, 3.63) is 46.6 Å². The molecular weight excluding hydrogens is 435 g/mol. The number of carbonyl (C=O) groups excluding carboxylic acids is 1. The fraction of sp³-hybridized carbons (Fsp3) is 0.429. The third kappa shape index (κ3) is 5.52. The lowest BCUT2D eigenvalue weighted by molar-refractivity contribution is -0.137. The highest BCUT2D eigenvalue weighted by atomic mass is 35.5. The van der Waals surface area contributed by atoms with E-state index < -0.39 is 11.7 Å². The van der Waals surface area contributed by atoms with Crippen molar-refractivity contribution < 1.29 is 27.4 Å². The van der Waals surface area contributed by atoms with Crippen LogP contribution >= 0.6 is 11.6 Å². The smallest absolute Gasteiger partial charge is 0.417 e. The number of piperazine rings is 1. The van der Waals surface area contributed by atoms with Gasteiger partial charge in [0, 0.05) is 38.8 Å². The van der Waals surface area contributed by atoms with Crippen LogP contribution in [0, 0.1) is 0 Å². The Morgan fingerprint density at radius 1 is 1.13 bits per heavy atom. The van der Waals surface area contributed by atoms with Crippen LogP contribution in [0.25, 0.3) is 0 Å². The molecule has 168 valence electrons. The van der Waals surface area contributed by atoms with Crippen LogP contribution in [-0.4, -0.2) is 56.2 Å². The van der Waals surface area contributed by atoms with Gasteiger partial charge >= 0.3 is 6.18 Å². The summed E-state index contributed by atoms with van der Waals surface area (Å²) in [5.41, 5.74) is -0.00222. The number of pyridine rings is 1. The Morgan fingerprint density at radius 3 is 2.42 bits per heavy atom. The minimum Gasteiger partial charge on any atom is -0.497 e. The molecule has 0 unspecified atom stereocenters. The number of alkyl halides is 3. The Labute approximate surface area is 183 Å². The third-order valence-electron chi connectivity index (χ3n) is 5.18. The lowest BCUT2D eigenvalue weighted by atomic mass is 10.1. The number of hydrogen-bond acceptors (Lipinski definition) is 5. The quantitative estimate of drug-likeness (QED) is 0.655. The van der Waals surface area contributed by atoms with Crippen molar-refractivity contribution in [2.75, 3.05) is 45.3 Å². The van der Waals surface area contributed by atoms with Gasteiger partial charge in [-0.25, -0.2) is 4.98 Å². The summed E-state index contributed by atoms with van der Waals surface area (Å²) in [6.07, 6.45) is -2.90. The summed E-state index contributed by atoms with van der Waals surface area (Å²) in [5.74, 6) is 1.68. The van der Waals surface area contributed by atoms with Crippen molar-refractivity contribution in [1.82, 2.24) is 9.88 Å². The summed E-state index contributed by atoms with van der Waals surface area (Å²) in [6.45, 7) is 1.75. The lowest BCUT2D eigenvalue weighted by Crippen LogP contribution is -2.49. The molecular formula is C21H23ClF3N3O3. The van der Waals surface area contributed by atoms with Crippen LogP contribution in [0.1, 0.15) is 17.5 Å². The van der Waals surface area contributed by atoms with E-state index in [-0.39, 0.29) is 10.9 Å². The van der Waals surface area contributed by atoms with Gasteiger partial charge in [-0.05, 0) is 36.2 Å². The first-order valence-corrected chi connectivity index (χ1v) is 10.1. The van der Waals surface area contributed by atoms with Crippen molar-refractivity contribution in [2.24, 2.45) is 0 Å². The molecule has 6 nitrogen and oxygen atoms in total. The summed E-state index contributed by atoms with van der Waals surface area (Å²) in [6, 6.07) is 6.33. The summed E-state index contributed by atoms with van der Waals surface area (Å²) < 4.78 is 49.0. The number of methoxy groups -OCH3 is 2. The zero-order valence-corrected chi connectivity index (χ0v) is 18.0. The number of amides is 1. The second-order valence-electron chi connectivity index (χ2n) is 7.07. The van der Waals surface area contributed by atoms with E-state index in [1.165, 1.54) is 0 Å². The number of carbonyl (C=O) groups is 1. The molecule has 0 saturated carbocycles. The number of nitrogens with zero attached hydrogens (tertiary/aromatic N) is 3. The van der Waals surface area contributed by atoms with E-state index in [0.29, 0.717) is 56.3 Å². The topological polar surface area (TPSA) is 54.9 Å². The maximum Gasteiger partial charge on any atom is 0.417 e. The van der Waals surface area contributed by atoms with Gasteiger partial charge in [-0.2, -0.15) is 13.2 Å². The van der Waals surface area contributed by atoms with Gasteiger partial charge in [0.25, 0.3) is 0 Å². The van der Waals surface area contributed by atoms with Gasteiger partial charge in [-0.3, -0.25) is 4.79 Å². The van der Waals surface area contributed by atoms with Crippen molar-refractivity contribution in [3.63, 3.8) is 0 Å². The number of halogens is 4. The average Bonchev–Trinajstić information content (AvgIpc) is 2.76. The predicted molar refractivity (Wildman–Crippen MR) is 111 cm³/mol. The molecule has 1 fully saturated rings. The van der Waals surface area contributed by atoms with Crippen molar-refractivity contribution in [2.45, 2.75) is 19.0 Å². The maximum atomic E-state index is 12.8. The summed E-state index contributed by atoms with van der Waals surface area (Å²) in [7, 11) is 3.15. The van der Waals surface area contributed by atoms with E-state index in [4.69, 9.17) is 21.1 Å². The third-order valence-corrected chi connectivity index (χ3v) is 5.45. The van der Waals surface area contributed by atoms with E-state index >= 15 is 0 Å². The van der Waals surface area contributed by atoms with E-state index in [9.17, 15) is 18.0 Å². The second-order valence-corrected chi connectivity index (χ2v) is 7.48. The number of hydrogen-bond donors (Lipinski definition) is 0. The largest absolute Gasteiger partial charge is 0.497 e. The number of aromatic nitrogens is 1.